The Morgan fingerprint density at radius 1 is 0.439 bits per heavy atom. The second-order valence-electron chi connectivity index (χ2n) is 16.7. The highest BCUT2D eigenvalue weighted by Gasteiger charge is 2.33. The molecule has 0 unspecified atom stereocenters. The van der Waals surface area contributed by atoms with Gasteiger partial charge in [0, 0.05) is 34.3 Å². The van der Waals surface area contributed by atoms with Gasteiger partial charge < -0.3 is 4.90 Å². The Kier molecular flexibility index (Phi) is 10.5. The third kappa shape index (κ3) is 6.68. The molecule has 57 heavy (non-hydrogen) atoms. The van der Waals surface area contributed by atoms with E-state index in [0.717, 1.165) is 34.8 Å². The van der Waals surface area contributed by atoms with Crippen LogP contribution in [-0.4, -0.2) is 15.0 Å². The molecule has 0 fully saturated rings. The van der Waals surface area contributed by atoms with Crippen LogP contribution in [0.1, 0.15) is 103 Å². The van der Waals surface area contributed by atoms with Gasteiger partial charge in [0.1, 0.15) is 0 Å². The fourth-order valence-corrected chi connectivity index (χ4v) is 10.3. The Morgan fingerprint density at radius 3 is 1.39 bits per heavy atom. The van der Waals surface area contributed by atoms with Crippen LogP contribution in [0.3, 0.4) is 0 Å². The molecule has 1 aliphatic rings. The zero-order valence-electron chi connectivity index (χ0n) is 37.0. The van der Waals surface area contributed by atoms with Crippen LogP contribution in [0.5, 0.6) is 0 Å². The van der Waals surface area contributed by atoms with Crippen molar-refractivity contribution >= 4 is 28.3 Å². The summed E-state index contributed by atoms with van der Waals surface area (Å²) in [4.78, 5) is 19.9. The molecule has 4 nitrogen and oxygen atoms in total. The van der Waals surface area contributed by atoms with Crippen LogP contribution in [0.25, 0.3) is 38.8 Å². The monoisotopic (exact) mass is 770 g/mol. The first-order valence-corrected chi connectivity index (χ1v) is 21.1. The van der Waals surface area contributed by atoms with Gasteiger partial charge in [-0.2, -0.15) is 0 Å². The molecule has 292 valence electrons. The maximum atomic E-state index is 5.07. The van der Waals surface area contributed by atoms with Crippen LogP contribution in [-0.2, 0) is 0 Å². The predicted molar refractivity (Wildman–Crippen MR) is 245 cm³/mol. The molecular formula is C52H58N4S. The largest absolute Gasteiger partial charge is 0.313 e. The fourth-order valence-electron chi connectivity index (χ4n) is 8.86. The van der Waals surface area contributed by atoms with Crippen molar-refractivity contribution in [1.29, 1.82) is 0 Å². The summed E-state index contributed by atoms with van der Waals surface area (Å²) < 4.78 is 0. The molecule has 0 radical (unpaired) electrons. The van der Waals surface area contributed by atoms with E-state index < -0.39 is 0 Å². The molecule has 7 rings (SSSR count). The van der Waals surface area contributed by atoms with Crippen molar-refractivity contribution in [2.24, 2.45) is 0 Å². The normalized spacial score (nSPS) is 13.1. The van der Waals surface area contributed by atoms with Crippen LogP contribution in [0.4, 0.5) is 11.4 Å². The standard InChI is InChI=1S/C52H58N4S/c1-26-17-19-53-44(21-26)46-22-27(2)23-47(55-46)45-24-42(18-20-54-45)51-40(15)41(16)52(57-51)43-25-48(35(10)34(43)9)56(49-36(11)30(5)28(3)31(6)37(49)12)50-38(13)32(7)29(4)33(8)39(50)14/h17-24H,25H2,1-16H3. The molecule has 4 aromatic heterocycles. The number of anilines is 2. The molecule has 0 saturated carbocycles. The second-order valence-corrected chi connectivity index (χ2v) is 17.7. The lowest BCUT2D eigenvalue weighted by atomic mass is 9.88. The molecule has 6 aromatic rings. The van der Waals surface area contributed by atoms with Gasteiger partial charge in [-0.25, -0.2) is 4.98 Å². The maximum Gasteiger partial charge on any atom is 0.0897 e. The third-order valence-electron chi connectivity index (χ3n) is 13.6. The highest BCUT2D eigenvalue weighted by Crippen LogP contribution is 2.52. The predicted octanol–water partition coefficient (Wildman–Crippen LogP) is 14.5. The van der Waals surface area contributed by atoms with E-state index in [1.54, 1.807) is 0 Å². The number of nitrogens with zero attached hydrogens (tertiary/aromatic N) is 4. The van der Waals surface area contributed by atoms with Crippen molar-refractivity contribution in [1.82, 2.24) is 15.0 Å². The lowest BCUT2D eigenvalue weighted by Crippen LogP contribution is -2.23. The number of pyridine rings is 3. The summed E-state index contributed by atoms with van der Waals surface area (Å²) in [6.07, 6.45) is 4.66. The van der Waals surface area contributed by atoms with E-state index in [0.29, 0.717) is 0 Å². The first kappa shape index (κ1) is 40.1. The van der Waals surface area contributed by atoms with Gasteiger partial charge in [0.2, 0.25) is 0 Å². The first-order chi connectivity index (χ1) is 26.9. The summed E-state index contributed by atoms with van der Waals surface area (Å²) in [5, 5.41) is 0. The van der Waals surface area contributed by atoms with E-state index >= 15 is 0 Å². The fraction of sp³-hybridized carbons (Fsp3) is 0.327. The molecule has 0 spiro atoms. The summed E-state index contributed by atoms with van der Waals surface area (Å²) in [7, 11) is 0. The number of benzene rings is 2. The number of rotatable bonds is 7. The van der Waals surface area contributed by atoms with Gasteiger partial charge >= 0.3 is 0 Å². The smallest absolute Gasteiger partial charge is 0.0897 e. The van der Waals surface area contributed by atoms with E-state index in [2.05, 4.69) is 151 Å². The van der Waals surface area contributed by atoms with Crippen molar-refractivity contribution in [3.05, 3.63) is 148 Å². The summed E-state index contributed by atoms with van der Waals surface area (Å²) >= 11 is 1.92. The Balaban J connectivity index is 1.33. The highest BCUT2D eigenvalue weighted by atomic mass is 32.1. The number of thiophene rings is 1. The number of aromatic nitrogens is 3. The van der Waals surface area contributed by atoms with E-state index in [1.807, 2.05) is 29.8 Å². The van der Waals surface area contributed by atoms with Gasteiger partial charge in [-0.15, -0.1) is 11.3 Å². The SMILES string of the molecule is CC1=C(c2sc(-c3ccnc(-c4cc(C)cc(-c5cc(C)ccn5)n4)c3)c(C)c2C)CC(N(c2c(C)c(C)c(C)c(C)c2C)c2c(C)c(C)c(C)c(C)c2C)=C1C. The third-order valence-corrected chi connectivity index (χ3v) is 15.1. The molecule has 0 saturated heterocycles. The van der Waals surface area contributed by atoms with E-state index in [1.165, 1.54) is 121 Å². The number of hydrogen-bond acceptors (Lipinski definition) is 5. The Labute approximate surface area is 345 Å². The highest BCUT2D eigenvalue weighted by molar-refractivity contribution is 7.17. The minimum absolute atomic E-state index is 0.861. The molecule has 2 aromatic carbocycles. The maximum absolute atomic E-state index is 5.07. The van der Waals surface area contributed by atoms with E-state index in [9.17, 15) is 0 Å². The Bertz CT molecular complexity index is 2590. The van der Waals surface area contributed by atoms with Crippen molar-refractivity contribution in [2.75, 3.05) is 4.90 Å². The van der Waals surface area contributed by atoms with Crippen molar-refractivity contribution in [3.63, 3.8) is 0 Å². The quantitative estimate of drug-likeness (QED) is 0.162. The van der Waals surface area contributed by atoms with Crippen molar-refractivity contribution < 1.29 is 0 Å². The minimum atomic E-state index is 0.861. The zero-order chi connectivity index (χ0) is 41.4. The van der Waals surface area contributed by atoms with Crippen LogP contribution in [0, 0.1) is 96.9 Å². The average molecular weight is 771 g/mol. The zero-order valence-corrected chi connectivity index (χ0v) is 37.8. The Hall–Kier alpha value is -5.13. The van der Waals surface area contributed by atoms with Gasteiger partial charge in [0.05, 0.1) is 34.2 Å². The summed E-state index contributed by atoms with van der Waals surface area (Å²) in [5.74, 6) is 0. The van der Waals surface area contributed by atoms with Gasteiger partial charge in [-0.1, -0.05) is 0 Å². The van der Waals surface area contributed by atoms with Crippen LogP contribution >= 0.6 is 11.3 Å². The molecular weight excluding hydrogens is 713 g/mol. The van der Waals surface area contributed by atoms with Gasteiger partial charge in [0.15, 0.2) is 0 Å². The summed E-state index contributed by atoms with van der Waals surface area (Å²) in [6, 6.07) is 12.7. The first-order valence-electron chi connectivity index (χ1n) is 20.3. The number of hydrogen-bond donors (Lipinski definition) is 0. The average Bonchev–Trinajstić information content (AvgIpc) is 3.65. The van der Waals surface area contributed by atoms with E-state index in [-0.39, 0.29) is 0 Å². The minimum Gasteiger partial charge on any atom is -0.313 e. The molecule has 0 amide bonds. The molecule has 0 N–H and O–H groups in total. The van der Waals surface area contributed by atoms with Crippen LogP contribution < -0.4 is 4.90 Å². The molecule has 5 heteroatoms. The second kappa shape index (κ2) is 15.0. The summed E-state index contributed by atoms with van der Waals surface area (Å²) in [5.41, 5.74) is 31.6. The molecule has 0 aliphatic heterocycles. The van der Waals surface area contributed by atoms with E-state index in [4.69, 9.17) is 9.97 Å². The van der Waals surface area contributed by atoms with Gasteiger partial charge in [-0.3, -0.25) is 9.97 Å². The number of allylic oxidation sites excluding steroid dienone is 3. The number of aryl methyl sites for hydroxylation is 2. The van der Waals surface area contributed by atoms with Gasteiger partial charge in [-0.05, 0) is 247 Å². The van der Waals surface area contributed by atoms with Crippen LogP contribution in [0.2, 0.25) is 0 Å². The van der Waals surface area contributed by atoms with Crippen LogP contribution in [0.15, 0.2) is 65.6 Å². The molecule has 4 heterocycles. The molecule has 0 atom stereocenters. The molecule has 0 bridgehead atoms. The van der Waals surface area contributed by atoms with Gasteiger partial charge in [0.25, 0.3) is 0 Å². The van der Waals surface area contributed by atoms with Crippen molar-refractivity contribution in [2.45, 2.75) is 117 Å². The lowest BCUT2D eigenvalue weighted by molar-refractivity contribution is 1.02. The Morgan fingerprint density at radius 2 is 0.877 bits per heavy atom. The lowest BCUT2D eigenvalue weighted by Gasteiger charge is -2.36. The molecule has 1 aliphatic carbocycles. The summed E-state index contributed by atoms with van der Waals surface area (Å²) in [6.45, 7) is 36.6. The topological polar surface area (TPSA) is 41.9 Å². The van der Waals surface area contributed by atoms with Crippen molar-refractivity contribution in [3.8, 4) is 33.2 Å².